The van der Waals surface area contributed by atoms with E-state index >= 15 is 8.78 Å². The summed E-state index contributed by atoms with van der Waals surface area (Å²) in [5.41, 5.74) is 26.3. The van der Waals surface area contributed by atoms with Gasteiger partial charge < -0.3 is 24.1 Å². The molecule has 192 valence electrons. The maximum Gasteiger partial charge on any atom is 0.305 e. The van der Waals surface area contributed by atoms with Crippen molar-refractivity contribution in [3.63, 3.8) is 0 Å². The third kappa shape index (κ3) is 6.19. The highest BCUT2D eigenvalue weighted by Crippen LogP contribution is 2.42. The Balaban J connectivity index is 2.42. The van der Waals surface area contributed by atoms with Gasteiger partial charge in [0.1, 0.15) is 18.2 Å². The standard InChI is InChI=1S/C17H23F2N9O7/c1-6-4-10(24-27-21)17(19,35-8(3)30)15(31)13(6)34-16-12(25-28-22)11(18)14(32-7(2)29)9(33-16)5-23-26-20/h6,9-16,31H,4-5H2,1-3H3/t6-,9+,10?,11-,12?,13+,14+,15-,16+,17-/m0/s1. The van der Waals surface area contributed by atoms with Crippen LogP contribution in [-0.4, -0.2) is 78.4 Å². The van der Waals surface area contributed by atoms with Crippen LogP contribution in [0.2, 0.25) is 0 Å². The van der Waals surface area contributed by atoms with Crippen molar-refractivity contribution in [3.8, 4) is 0 Å². The minimum atomic E-state index is -3.20. The third-order valence-corrected chi connectivity index (χ3v) is 5.51. The molecular formula is C17H23F2N9O7. The number of nitrogens with zero attached hydrogens (tertiary/aromatic N) is 9. The summed E-state index contributed by atoms with van der Waals surface area (Å²) in [7, 11) is 0. The van der Waals surface area contributed by atoms with Crippen molar-refractivity contribution in [1.82, 2.24) is 0 Å². The van der Waals surface area contributed by atoms with Crippen LogP contribution < -0.4 is 0 Å². The van der Waals surface area contributed by atoms with Crippen LogP contribution in [0.1, 0.15) is 27.2 Å². The van der Waals surface area contributed by atoms with E-state index < -0.39 is 79.2 Å². The minimum Gasteiger partial charge on any atom is -0.457 e. The number of carbonyl (C=O) groups excluding carboxylic acids is 2. The monoisotopic (exact) mass is 503 g/mol. The average molecular weight is 503 g/mol. The van der Waals surface area contributed by atoms with Crippen LogP contribution >= 0.6 is 0 Å². The van der Waals surface area contributed by atoms with E-state index in [-0.39, 0.29) is 6.42 Å². The van der Waals surface area contributed by atoms with Crippen molar-refractivity contribution < 1.29 is 42.4 Å². The Labute approximate surface area is 196 Å². The smallest absolute Gasteiger partial charge is 0.305 e. The zero-order valence-electron chi connectivity index (χ0n) is 18.8. The lowest BCUT2D eigenvalue weighted by Crippen LogP contribution is -2.64. The quantitative estimate of drug-likeness (QED) is 0.224. The molecule has 1 heterocycles. The SMILES string of the molecule is CC(=O)O[C@@H]1[C@@H](CN=[N+]=[N-])O[C@H](O[C@@H]2[C@@H](C)CC(N=[N+]=[N-])[C@](F)(OC(C)=O)[C@H]2O)C(N=[N+]=[N-])[C@@H]1F. The zero-order chi connectivity index (χ0) is 26.3. The fraction of sp³-hybridized carbons (Fsp3) is 0.882. The molecule has 0 radical (unpaired) electrons. The molecule has 0 amide bonds. The van der Waals surface area contributed by atoms with Gasteiger partial charge in [-0.2, -0.15) is 4.39 Å². The Morgan fingerprint density at radius 1 is 1.14 bits per heavy atom. The molecule has 2 aliphatic rings. The fourth-order valence-electron chi connectivity index (χ4n) is 4.05. The first-order valence-corrected chi connectivity index (χ1v) is 10.3. The van der Waals surface area contributed by atoms with Gasteiger partial charge in [-0.25, -0.2) is 4.39 Å². The lowest BCUT2D eigenvalue weighted by atomic mass is 9.78. The van der Waals surface area contributed by atoms with Crippen LogP contribution in [0.15, 0.2) is 15.3 Å². The number of alkyl halides is 2. The van der Waals surface area contributed by atoms with E-state index in [4.69, 9.17) is 30.8 Å². The van der Waals surface area contributed by atoms with Crippen LogP contribution in [0.3, 0.4) is 0 Å². The van der Waals surface area contributed by atoms with Gasteiger partial charge in [0.05, 0.1) is 12.6 Å². The number of hydrogen-bond acceptors (Lipinski definition) is 10. The topological polar surface area (TPSA) is 238 Å². The Hall–Kier alpha value is -3.39. The number of hydrogen-bond donors (Lipinski definition) is 1. The maximum atomic E-state index is 15.7. The van der Waals surface area contributed by atoms with Crippen molar-refractivity contribution in [2.24, 2.45) is 21.3 Å². The number of aliphatic hydroxyl groups excluding tert-OH is 1. The Kier molecular flexibility index (Phi) is 9.42. The van der Waals surface area contributed by atoms with Crippen LogP contribution in [0.25, 0.3) is 31.3 Å². The Bertz CT molecular complexity index is 954. The number of ether oxygens (including phenoxy) is 4. The predicted molar refractivity (Wildman–Crippen MR) is 109 cm³/mol. The number of azide groups is 3. The molecule has 2 rings (SSSR count). The maximum absolute atomic E-state index is 15.7. The number of halogens is 2. The molecule has 1 aliphatic carbocycles. The van der Waals surface area contributed by atoms with Crippen LogP contribution in [0.5, 0.6) is 0 Å². The first-order valence-electron chi connectivity index (χ1n) is 10.3. The summed E-state index contributed by atoms with van der Waals surface area (Å²) >= 11 is 0. The predicted octanol–water partition coefficient (Wildman–Crippen LogP) is 2.66. The first-order chi connectivity index (χ1) is 16.5. The summed E-state index contributed by atoms with van der Waals surface area (Å²) in [5, 5.41) is 20.6. The van der Waals surface area contributed by atoms with Crippen molar-refractivity contribution in [1.29, 1.82) is 0 Å². The van der Waals surface area contributed by atoms with Crippen LogP contribution in [0, 0.1) is 5.92 Å². The number of aliphatic hydroxyl groups is 1. The highest BCUT2D eigenvalue weighted by atomic mass is 19.2. The summed E-state index contributed by atoms with van der Waals surface area (Å²) in [6.07, 6.45) is -11.0. The van der Waals surface area contributed by atoms with Crippen molar-refractivity contribution in [2.45, 2.75) is 82.0 Å². The fourth-order valence-corrected chi connectivity index (χ4v) is 4.05. The van der Waals surface area contributed by atoms with Gasteiger partial charge in [0.2, 0.25) is 0 Å². The Morgan fingerprint density at radius 2 is 1.80 bits per heavy atom. The summed E-state index contributed by atoms with van der Waals surface area (Å²) in [5.74, 6) is -5.98. The average Bonchev–Trinajstić information content (AvgIpc) is 2.77. The molecule has 18 heteroatoms. The summed E-state index contributed by atoms with van der Waals surface area (Å²) in [6.45, 7) is 2.84. The van der Waals surface area contributed by atoms with E-state index in [2.05, 4.69) is 34.8 Å². The minimum absolute atomic E-state index is 0.258. The molecule has 1 N–H and O–H groups in total. The summed E-state index contributed by atoms with van der Waals surface area (Å²) in [4.78, 5) is 30.5. The van der Waals surface area contributed by atoms with Gasteiger partial charge in [0, 0.05) is 28.6 Å². The van der Waals surface area contributed by atoms with Crippen molar-refractivity contribution in [2.75, 3.05) is 6.54 Å². The van der Waals surface area contributed by atoms with Gasteiger partial charge in [-0.05, 0) is 28.9 Å². The van der Waals surface area contributed by atoms with E-state index in [0.29, 0.717) is 0 Å². The normalized spacial score (nSPS) is 38.6. The summed E-state index contributed by atoms with van der Waals surface area (Å²) in [6, 6.07) is -3.38. The highest BCUT2D eigenvalue weighted by Gasteiger charge is 2.59. The molecule has 0 aromatic rings. The number of rotatable bonds is 8. The highest BCUT2D eigenvalue weighted by molar-refractivity contribution is 5.66. The third-order valence-electron chi connectivity index (χ3n) is 5.51. The van der Waals surface area contributed by atoms with E-state index in [1.807, 2.05) is 0 Å². The Morgan fingerprint density at radius 3 is 2.34 bits per heavy atom. The molecule has 1 saturated heterocycles. The van der Waals surface area contributed by atoms with Gasteiger partial charge in [-0.15, -0.1) is 0 Å². The van der Waals surface area contributed by atoms with Crippen molar-refractivity contribution >= 4 is 11.9 Å². The molecule has 10 atom stereocenters. The molecule has 0 bridgehead atoms. The second-order valence-electron chi connectivity index (χ2n) is 7.94. The van der Waals surface area contributed by atoms with Gasteiger partial charge in [-0.1, -0.05) is 22.3 Å². The van der Waals surface area contributed by atoms with Gasteiger partial charge in [0.15, 0.2) is 24.7 Å². The molecule has 1 aliphatic heterocycles. The zero-order valence-corrected chi connectivity index (χ0v) is 18.8. The second kappa shape index (κ2) is 11.8. The van der Waals surface area contributed by atoms with Gasteiger partial charge in [-0.3, -0.25) is 9.59 Å². The molecule has 2 fully saturated rings. The molecule has 0 aromatic heterocycles. The molecule has 0 aromatic carbocycles. The molecule has 2 unspecified atom stereocenters. The van der Waals surface area contributed by atoms with E-state index in [9.17, 15) is 14.7 Å². The largest absolute Gasteiger partial charge is 0.457 e. The lowest BCUT2D eigenvalue weighted by molar-refractivity contribution is -0.312. The van der Waals surface area contributed by atoms with E-state index in [1.165, 1.54) is 6.92 Å². The summed E-state index contributed by atoms with van der Waals surface area (Å²) < 4.78 is 51.8. The van der Waals surface area contributed by atoms with Crippen LogP contribution in [0.4, 0.5) is 8.78 Å². The molecule has 1 saturated carbocycles. The van der Waals surface area contributed by atoms with Crippen LogP contribution in [-0.2, 0) is 28.5 Å². The second-order valence-corrected chi connectivity index (χ2v) is 7.94. The molecular weight excluding hydrogens is 480 g/mol. The first kappa shape index (κ1) is 27.9. The molecule has 0 spiro atoms. The van der Waals surface area contributed by atoms with E-state index in [0.717, 1.165) is 13.8 Å². The lowest BCUT2D eigenvalue weighted by Gasteiger charge is -2.48. The number of esters is 2. The van der Waals surface area contributed by atoms with Gasteiger partial charge in [0.25, 0.3) is 5.85 Å². The number of carbonyl (C=O) groups is 2. The molecule has 35 heavy (non-hydrogen) atoms. The van der Waals surface area contributed by atoms with Gasteiger partial charge >= 0.3 is 11.9 Å². The van der Waals surface area contributed by atoms with E-state index in [1.54, 1.807) is 0 Å². The molecule has 16 nitrogen and oxygen atoms in total. The van der Waals surface area contributed by atoms with Crippen molar-refractivity contribution in [3.05, 3.63) is 31.3 Å².